The lowest BCUT2D eigenvalue weighted by Crippen LogP contribution is -2.24. The van der Waals surface area contributed by atoms with Crippen LogP contribution in [0.5, 0.6) is 0 Å². The molecule has 0 saturated carbocycles. The lowest BCUT2D eigenvalue weighted by atomic mass is 10.0. The van der Waals surface area contributed by atoms with Crippen LogP contribution in [0.3, 0.4) is 0 Å². The predicted octanol–water partition coefficient (Wildman–Crippen LogP) is 2.72. The number of aryl methyl sites for hydroxylation is 2. The minimum atomic E-state index is -0.437. The smallest absolute Gasteiger partial charge is 0.174 e. The third-order valence-electron chi connectivity index (χ3n) is 4.61. The van der Waals surface area contributed by atoms with Crippen molar-refractivity contribution in [3.63, 3.8) is 0 Å². The van der Waals surface area contributed by atoms with Crippen molar-refractivity contribution in [2.24, 2.45) is 0 Å². The van der Waals surface area contributed by atoms with Gasteiger partial charge in [0.1, 0.15) is 5.82 Å². The Morgan fingerprint density at radius 2 is 1.92 bits per heavy atom. The summed E-state index contributed by atoms with van der Waals surface area (Å²) in [6, 6.07) is 10.1. The molecule has 0 radical (unpaired) electrons. The van der Waals surface area contributed by atoms with Crippen molar-refractivity contribution in [3.05, 3.63) is 65.2 Å². The van der Waals surface area contributed by atoms with Crippen molar-refractivity contribution in [2.45, 2.75) is 32.9 Å². The first-order valence-electron chi connectivity index (χ1n) is 8.48. The summed E-state index contributed by atoms with van der Waals surface area (Å²) in [6.07, 6.45) is 3.73. The molecular formula is C19H21N5O. The van der Waals surface area contributed by atoms with Crippen LogP contribution < -0.4 is 4.90 Å². The second-order valence-corrected chi connectivity index (χ2v) is 6.50. The topological polar surface area (TPSA) is 67.1 Å². The van der Waals surface area contributed by atoms with E-state index in [9.17, 15) is 5.11 Å². The average molecular weight is 335 g/mol. The Morgan fingerprint density at radius 1 is 1.12 bits per heavy atom. The highest BCUT2D eigenvalue weighted by Crippen LogP contribution is 2.28. The molecule has 6 nitrogen and oxygen atoms in total. The van der Waals surface area contributed by atoms with Crippen LogP contribution >= 0.6 is 0 Å². The molecule has 0 aliphatic carbocycles. The van der Waals surface area contributed by atoms with Crippen molar-refractivity contribution < 1.29 is 5.11 Å². The van der Waals surface area contributed by atoms with Crippen LogP contribution in [0, 0.1) is 13.8 Å². The summed E-state index contributed by atoms with van der Waals surface area (Å²) in [5.74, 6) is 1.51. The Balaban J connectivity index is 1.69. The Bertz CT molecular complexity index is 904. The Kier molecular flexibility index (Phi) is 3.97. The van der Waals surface area contributed by atoms with Gasteiger partial charge in [-0.05, 0) is 37.5 Å². The van der Waals surface area contributed by atoms with Gasteiger partial charge in [-0.2, -0.15) is 5.10 Å². The summed E-state index contributed by atoms with van der Waals surface area (Å²) in [6.45, 7) is 5.41. The van der Waals surface area contributed by atoms with E-state index in [1.807, 2.05) is 42.8 Å². The molecule has 25 heavy (non-hydrogen) atoms. The molecule has 4 rings (SSSR count). The summed E-state index contributed by atoms with van der Waals surface area (Å²) < 4.78 is 1.81. The maximum atomic E-state index is 10.4. The molecule has 2 aromatic heterocycles. The molecular weight excluding hydrogens is 314 g/mol. The fraction of sp³-hybridized carbons (Fsp3) is 0.316. The largest absolute Gasteiger partial charge is 0.388 e. The number of anilines is 1. The number of aliphatic hydroxyl groups is 1. The summed E-state index contributed by atoms with van der Waals surface area (Å²) in [7, 11) is 0. The van der Waals surface area contributed by atoms with Crippen molar-refractivity contribution in [1.29, 1.82) is 0 Å². The molecule has 3 heterocycles. The van der Waals surface area contributed by atoms with Gasteiger partial charge in [0.2, 0.25) is 0 Å². The van der Waals surface area contributed by atoms with Gasteiger partial charge in [-0.25, -0.2) is 9.67 Å². The molecule has 0 amide bonds. The first-order chi connectivity index (χ1) is 12.1. The zero-order valence-electron chi connectivity index (χ0n) is 14.4. The van der Waals surface area contributed by atoms with E-state index in [1.165, 1.54) is 0 Å². The molecule has 0 saturated heterocycles. The molecule has 1 aliphatic rings. The third-order valence-corrected chi connectivity index (χ3v) is 4.61. The van der Waals surface area contributed by atoms with E-state index in [1.54, 1.807) is 12.4 Å². The van der Waals surface area contributed by atoms with Gasteiger partial charge in [-0.3, -0.25) is 4.98 Å². The molecule has 0 bridgehead atoms. The van der Waals surface area contributed by atoms with Crippen LogP contribution in [0.1, 0.15) is 35.0 Å². The summed E-state index contributed by atoms with van der Waals surface area (Å²) in [5, 5.41) is 14.9. The quantitative estimate of drug-likeness (QED) is 0.780. The van der Waals surface area contributed by atoms with Gasteiger partial charge >= 0.3 is 0 Å². The molecule has 6 heteroatoms. The second-order valence-electron chi connectivity index (χ2n) is 6.50. The summed E-state index contributed by atoms with van der Waals surface area (Å²) in [5.41, 5.74) is 4.12. The van der Waals surface area contributed by atoms with Crippen LogP contribution in [0.2, 0.25) is 0 Å². The first-order valence-corrected chi connectivity index (χ1v) is 8.48. The zero-order valence-corrected chi connectivity index (χ0v) is 14.4. The minimum absolute atomic E-state index is 0.437. The number of aromatic nitrogens is 4. The highest BCUT2D eigenvalue weighted by molar-refractivity contribution is 5.43. The van der Waals surface area contributed by atoms with Gasteiger partial charge in [0, 0.05) is 18.8 Å². The normalized spacial score (nSPS) is 17.2. The van der Waals surface area contributed by atoms with Crippen molar-refractivity contribution in [3.8, 4) is 5.82 Å². The van der Waals surface area contributed by atoms with Gasteiger partial charge in [0.25, 0.3) is 0 Å². The molecule has 1 N–H and O–H groups in total. The van der Waals surface area contributed by atoms with Gasteiger partial charge < -0.3 is 10.0 Å². The lowest BCUT2D eigenvalue weighted by Gasteiger charge is -2.22. The number of hydrogen-bond donors (Lipinski definition) is 1. The van der Waals surface area contributed by atoms with Crippen molar-refractivity contribution in [2.75, 3.05) is 11.4 Å². The number of rotatable bonds is 2. The molecule has 1 aromatic carbocycles. The monoisotopic (exact) mass is 335 g/mol. The van der Waals surface area contributed by atoms with Crippen LogP contribution in [0.25, 0.3) is 5.82 Å². The van der Waals surface area contributed by atoms with Crippen LogP contribution in [0.4, 0.5) is 5.82 Å². The third kappa shape index (κ3) is 3.00. The van der Waals surface area contributed by atoms with E-state index in [2.05, 4.69) is 21.0 Å². The van der Waals surface area contributed by atoms with Crippen molar-refractivity contribution >= 4 is 5.82 Å². The number of nitrogens with zero attached hydrogens (tertiary/aromatic N) is 5. The zero-order chi connectivity index (χ0) is 17.4. The second kappa shape index (κ2) is 6.29. The highest BCUT2D eigenvalue weighted by atomic mass is 16.3. The average Bonchev–Trinajstić information content (AvgIpc) is 2.87. The fourth-order valence-corrected chi connectivity index (χ4v) is 3.38. The van der Waals surface area contributed by atoms with Crippen LogP contribution in [-0.2, 0) is 6.54 Å². The number of fused-ring (bicyclic) bond motifs is 1. The highest BCUT2D eigenvalue weighted by Gasteiger charge is 2.21. The number of aliphatic hydroxyl groups excluding tert-OH is 1. The summed E-state index contributed by atoms with van der Waals surface area (Å²) in [4.78, 5) is 11.3. The molecule has 0 spiro atoms. The molecule has 128 valence electrons. The maximum Gasteiger partial charge on any atom is 0.174 e. The van der Waals surface area contributed by atoms with E-state index in [-0.39, 0.29) is 0 Å². The number of hydrogen-bond acceptors (Lipinski definition) is 5. The Hall–Kier alpha value is -2.73. The van der Waals surface area contributed by atoms with Crippen LogP contribution in [0.15, 0.2) is 42.7 Å². The minimum Gasteiger partial charge on any atom is -0.388 e. The standard InChI is InChI=1S/C19H21N5O/c1-13-9-14(2)24(22-13)19-11-20-10-18(21-19)23-8-7-17(25)16-6-4-3-5-15(16)12-23/h3-6,9-11,17,25H,7-8,12H2,1-2H3. The van der Waals surface area contributed by atoms with Crippen LogP contribution in [-0.4, -0.2) is 31.4 Å². The van der Waals surface area contributed by atoms with Gasteiger partial charge in [0.05, 0.1) is 24.2 Å². The van der Waals surface area contributed by atoms with Crippen molar-refractivity contribution in [1.82, 2.24) is 19.7 Å². The molecule has 1 atom stereocenters. The Labute approximate surface area is 146 Å². The SMILES string of the molecule is Cc1cc(C)n(-c2cncc(N3CCC(O)c4ccccc4C3)n2)n1. The molecule has 1 unspecified atom stereocenters. The predicted molar refractivity (Wildman–Crippen MR) is 95.7 cm³/mol. The lowest BCUT2D eigenvalue weighted by molar-refractivity contribution is 0.171. The maximum absolute atomic E-state index is 10.4. The summed E-state index contributed by atoms with van der Waals surface area (Å²) >= 11 is 0. The van der Waals surface area contributed by atoms with E-state index in [0.717, 1.165) is 34.9 Å². The molecule has 0 fully saturated rings. The van der Waals surface area contributed by atoms with E-state index >= 15 is 0 Å². The van der Waals surface area contributed by atoms with E-state index < -0.39 is 6.10 Å². The van der Waals surface area contributed by atoms with E-state index in [4.69, 9.17) is 4.98 Å². The van der Waals surface area contributed by atoms with E-state index in [0.29, 0.717) is 18.8 Å². The Morgan fingerprint density at radius 3 is 2.72 bits per heavy atom. The van der Waals surface area contributed by atoms with Gasteiger partial charge in [0.15, 0.2) is 5.82 Å². The van der Waals surface area contributed by atoms with Gasteiger partial charge in [-0.1, -0.05) is 24.3 Å². The number of benzene rings is 1. The molecule has 3 aromatic rings. The first kappa shape index (κ1) is 15.8. The molecule has 1 aliphatic heterocycles. The van der Waals surface area contributed by atoms with Gasteiger partial charge in [-0.15, -0.1) is 0 Å². The fourth-order valence-electron chi connectivity index (χ4n) is 3.38.